The van der Waals surface area contributed by atoms with Crippen molar-refractivity contribution in [1.29, 1.82) is 0 Å². The number of halogens is 1. The number of ether oxygens (including phenoxy) is 1. The molecule has 0 saturated carbocycles. The molecule has 0 aromatic heterocycles. The molecule has 1 saturated heterocycles. The zero-order valence-electron chi connectivity index (χ0n) is 21.2. The summed E-state index contributed by atoms with van der Waals surface area (Å²) in [4.78, 5) is 32.6. The topological polar surface area (TPSA) is 80.7 Å². The number of nitrogens with zero attached hydrogens (tertiary/aromatic N) is 5. The third kappa shape index (κ3) is 3.95. The van der Waals surface area contributed by atoms with Crippen molar-refractivity contribution in [2.75, 3.05) is 57.2 Å². The number of benzene rings is 2. The van der Waals surface area contributed by atoms with Gasteiger partial charge in [-0.05, 0) is 46.1 Å². The maximum atomic E-state index is 15.0. The Bertz CT molecular complexity index is 1260. The number of anilines is 2. The van der Waals surface area contributed by atoms with E-state index in [2.05, 4.69) is 22.4 Å². The Morgan fingerprint density at radius 1 is 1.22 bits per heavy atom. The first kappa shape index (κ1) is 24.1. The van der Waals surface area contributed by atoms with Crippen molar-refractivity contribution in [2.45, 2.75) is 25.4 Å². The second-order valence-electron chi connectivity index (χ2n) is 10.2. The Morgan fingerprint density at radius 3 is 2.64 bits per heavy atom. The van der Waals surface area contributed by atoms with E-state index in [4.69, 9.17) is 4.74 Å². The maximum absolute atomic E-state index is 15.0. The van der Waals surface area contributed by atoms with Crippen LogP contribution in [0.3, 0.4) is 0 Å². The first-order valence-electron chi connectivity index (χ1n) is 12.0. The summed E-state index contributed by atoms with van der Waals surface area (Å²) in [5.41, 5.74) is 4.81. The van der Waals surface area contributed by atoms with E-state index in [-0.39, 0.29) is 29.8 Å². The molecule has 1 fully saturated rings. The van der Waals surface area contributed by atoms with Gasteiger partial charge in [-0.2, -0.15) is 5.10 Å². The molecular formula is C26H31FN6O3. The molecule has 5 rings (SSSR count). The lowest BCUT2D eigenvalue weighted by atomic mass is 9.88. The number of amides is 2. The summed E-state index contributed by atoms with van der Waals surface area (Å²) in [5.74, 6) is 0.704. The van der Waals surface area contributed by atoms with Gasteiger partial charge in [0.2, 0.25) is 5.91 Å². The van der Waals surface area contributed by atoms with Gasteiger partial charge in [0, 0.05) is 37.0 Å². The van der Waals surface area contributed by atoms with Crippen LogP contribution in [0.1, 0.15) is 13.8 Å². The van der Waals surface area contributed by atoms with Crippen LogP contribution in [0.2, 0.25) is 0 Å². The Kier molecular flexibility index (Phi) is 5.86. The fourth-order valence-electron chi connectivity index (χ4n) is 5.06. The van der Waals surface area contributed by atoms with Gasteiger partial charge in [-0.1, -0.05) is 18.2 Å². The van der Waals surface area contributed by atoms with Crippen molar-refractivity contribution >= 4 is 29.0 Å². The minimum atomic E-state index is -0.476. The second-order valence-corrected chi connectivity index (χ2v) is 10.2. The Balaban J connectivity index is 1.57. The molecule has 2 amide bonds. The molecule has 2 aromatic rings. The number of hydrazone groups is 1. The number of hydrogen-bond acceptors (Lipinski definition) is 7. The average molecular weight is 495 g/mol. The predicted molar refractivity (Wildman–Crippen MR) is 137 cm³/mol. The maximum Gasteiger partial charge on any atom is 0.262 e. The monoisotopic (exact) mass is 494 g/mol. The van der Waals surface area contributed by atoms with E-state index in [1.807, 2.05) is 54.9 Å². The lowest BCUT2D eigenvalue weighted by Crippen LogP contribution is -2.70. The summed E-state index contributed by atoms with van der Waals surface area (Å²) in [5, 5.41) is 4.18. The summed E-state index contributed by atoms with van der Waals surface area (Å²) in [6.07, 6.45) is 0. The highest BCUT2D eigenvalue weighted by atomic mass is 19.1. The predicted octanol–water partition coefficient (Wildman–Crippen LogP) is 2.12. The molecule has 0 spiro atoms. The van der Waals surface area contributed by atoms with Crippen molar-refractivity contribution in [3.63, 3.8) is 0 Å². The van der Waals surface area contributed by atoms with Gasteiger partial charge in [0.05, 0.1) is 17.8 Å². The Hall–Kier alpha value is -3.66. The third-order valence-electron chi connectivity index (χ3n) is 7.24. The highest BCUT2D eigenvalue weighted by molar-refractivity contribution is 6.10. The minimum Gasteiger partial charge on any atom is -0.483 e. The highest BCUT2D eigenvalue weighted by Crippen LogP contribution is 2.46. The van der Waals surface area contributed by atoms with Crippen LogP contribution in [0.25, 0.3) is 11.1 Å². The standard InChI is InChI=1S/C26H31FN6O3/c1-16-25(35)29-28-23-13-36-22-10-18(17-8-6-7-9-19(17)27)20(11-21(22)33(16)23)31(5)26(2)14-32(15-26)24(34)12-30(3)4/h6-11,16H,12-15H2,1-5H3,(H,29,35)/t16-/m1/s1. The zero-order chi connectivity index (χ0) is 25.8. The number of hydrogen-bond donors (Lipinski definition) is 1. The van der Waals surface area contributed by atoms with Crippen LogP contribution >= 0.6 is 0 Å². The summed E-state index contributed by atoms with van der Waals surface area (Å²) in [6.45, 7) is 5.56. The largest absolute Gasteiger partial charge is 0.483 e. The van der Waals surface area contributed by atoms with E-state index >= 15 is 4.39 Å². The molecule has 0 radical (unpaired) electrons. The highest BCUT2D eigenvalue weighted by Gasteiger charge is 2.45. The van der Waals surface area contributed by atoms with Gasteiger partial charge < -0.3 is 24.3 Å². The quantitative estimate of drug-likeness (QED) is 0.686. The molecule has 0 unspecified atom stereocenters. The summed E-state index contributed by atoms with van der Waals surface area (Å²) in [6, 6.07) is 9.96. The first-order chi connectivity index (χ1) is 17.1. The smallest absolute Gasteiger partial charge is 0.262 e. The van der Waals surface area contributed by atoms with Crippen molar-refractivity contribution < 1.29 is 18.7 Å². The molecule has 190 valence electrons. The van der Waals surface area contributed by atoms with Gasteiger partial charge in [0.1, 0.15) is 24.2 Å². The Morgan fingerprint density at radius 2 is 1.94 bits per heavy atom. The van der Waals surface area contributed by atoms with E-state index < -0.39 is 6.04 Å². The van der Waals surface area contributed by atoms with Crippen molar-refractivity contribution in [2.24, 2.45) is 5.10 Å². The first-order valence-corrected chi connectivity index (χ1v) is 12.0. The average Bonchev–Trinajstić information content (AvgIpc) is 2.82. The van der Waals surface area contributed by atoms with Crippen LogP contribution in [0.4, 0.5) is 15.8 Å². The van der Waals surface area contributed by atoms with Crippen molar-refractivity contribution in [3.05, 3.63) is 42.2 Å². The summed E-state index contributed by atoms with van der Waals surface area (Å²) >= 11 is 0. The van der Waals surface area contributed by atoms with Crippen LogP contribution in [0.15, 0.2) is 41.5 Å². The lowest BCUT2D eigenvalue weighted by Gasteiger charge is -2.54. The number of likely N-dealkylation sites (tertiary alicyclic amines) is 1. The number of likely N-dealkylation sites (N-methyl/N-ethyl adjacent to an activating group) is 2. The van der Waals surface area contributed by atoms with Gasteiger partial charge in [-0.3, -0.25) is 9.59 Å². The minimum absolute atomic E-state index is 0.0769. The van der Waals surface area contributed by atoms with E-state index in [0.717, 1.165) is 5.69 Å². The van der Waals surface area contributed by atoms with Crippen LogP contribution in [0, 0.1) is 5.82 Å². The third-order valence-corrected chi connectivity index (χ3v) is 7.24. The number of rotatable bonds is 5. The van der Waals surface area contributed by atoms with E-state index in [9.17, 15) is 9.59 Å². The van der Waals surface area contributed by atoms with Crippen LogP contribution < -0.4 is 20.0 Å². The molecule has 2 aromatic carbocycles. The summed E-state index contributed by atoms with van der Waals surface area (Å²) in [7, 11) is 5.71. The molecule has 0 aliphatic carbocycles. The van der Waals surface area contributed by atoms with Crippen LogP contribution in [0.5, 0.6) is 5.75 Å². The van der Waals surface area contributed by atoms with Gasteiger partial charge in [-0.15, -0.1) is 0 Å². The zero-order valence-corrected chi connectivity index (χ0v) is 21.2. The van der Waals surface area contributed by atoms with Crippen LogP contribution in [-0.4, -0.2) is 86.4 Å². The normalized spacial score (nSPS) is 20.0. The summed E-state index contributed by atoms with van der Waals surface area (Å²) < 4.78 is 21.0. The molecule has 36 heavy (non-hydrogen) atoms. The molecule has 10 heteroatoms. The SMILES string of the molecule is C[C@@H]1C(=O)NN=C2COc3cc(-c4ccccc4F)c(N(C)C4(C)CN(C(=O)CN(C)C)C4)cc3N21. The van der Waals surface area contributed by atoms with E-state index in [0.29, 0.717) is 48.0 Å². The van der Waals surface area contributed by atoms with Gasteiger partial charge in [0.15, 0.2) is 5.84 Å². The van der Waals surface area contributed by atoms with Crippen molar-refractivity contribution in [3.8, 4) is 16.9 Å². The Labute approximate surface area is 210 Å². The van der Waals surface area contributed by atoms with Gasteiger partial charge in [0.25, 0.3) is 5.91 Å². The molecule has 3 aliphatic heterocycles. The molecular weight excluding hydrogens is 463 g/mol. The molecule has 3 aliphatic rings. The number of amidine groups is 1. The fraction of sp³-hybridized carbons (Fsp3) is 0.423. The number of fused-ring (bicyclic) bond motifs is 3. The number of nitrogens with one attached hydrogen (secondary N) is 1. The molecule has 0 bridgehead atoms. The molecule has 9 nitrogen and oxygen atoms in total. The van der Waals surface area contributed by atoms with E-state index in [1.54, 1.807) is 18.2 Å². The molecule has 1 N–H and O–H groups in total. The lowest BCUT2D eigenvalue weighted by molar-refractivity contribution is -0.138. The van der Waals surface area contributed by atoms with Gasteiger partial charge in [-0.25, -0.2) is 9.82 Å². The number of carbonyl (C=O) groups excluding carboxylic acids is 2. The van der Waals surface area contributed by atoms with Crippen molar-refractivity contribution in [1.82, 2.24) is 15.2 Å². The fourth-order valence-corrected chi connectivity index (χ4v) is 5.06. The van der Waals surface area contributed by atoms with E-state index in [1.165, 1.54) is 6.07 Å². The molecule has 1 atom stereocenters. The van der Waals surface area contributed by atoms with Gasteiger partial charge >= 0.3 is 0 Å². The molecule has 3 heterocycles. The second kappa shape index (κ2) is 8.77. The van der Waals surface area contributed by atoms with Crippen LogP contribution in [-0.2, 0) is 9.59 Å². The number of carbonyl (C=O) groups is 2.